The van der Waals surface area contributed by atoms with Crippen molar-refractivity contribution in [1.82, 2.24) is 29.7 Å². The largest absolute Gasteiger partial charge is 0.494 e. The van der Waals surface area contributed by atoms with Gasteiger partial charge < -0.3 is 19.4 Å². The van der Waals surface area contributed by atoms with Crippen LogP contribution >= 0.6 is 11.3 Å². The number of piperidine rings is 1. The van der Waals surface area contributed by atoms with Crippen molar-refractivity contribution >= 4 is 29.1 Å². The van der Waals surface area contributed by atoms with Crippen molar-refractivity contribution < 1.29 is 19.1 Å². The molecule has 3 aromatic rings. The van der Waals surface area contributed by atoms with Gasteiger partial charge in [0.25, 0.3) is 17.7 Å². The quantitative estimate of drug-likeness (QED) is 0.469. The van der Waals surface area contributed by atoms with Crippen molar-refractivity contribution in [3.63, 3.8) is 0 Å². The fourth-order valence-corrected chi connectivity index (χ4v) is 6.23. The molecule has 0 aliphatic carbocycles. The van der Waals surface area contributed by atoms with Crippen LogP contribution in [0.3, 0.4) is 0 Å². The fraction of sp³-hybridized carbons (Fsp3) is 0.448. The van der Waals surface area contributed by atoms with E-state index in [1.807, 2.05) is 35.0 Å². The predicted molar refractivity (Wildman–Crippen MR) is 150 cm³/mol. The number of hydrogen-bond acceptors (Lipinski definition) is 8. The van der Waals surface area contributed by atoms with E-state index in [2.05, 4.69) is 15.0 Å². The number of fused-ring (bicyclic) bond motifs is 2. The Morgan fingerprint density at radius 2 is 1.75 bits per heavy atom. The first-order valence-electron chi connectivity index (χ1n) is 13.7. The summed E-state index contributed by atoms with van der Waals surface area (Å²) in [6, 6.07) is 7.27. The van der Waals surface area contributed by atoms with Crippen LogP contribution in [-0.2, 0) is 0 Å². The van der Waals surface area contributed by atoms with E-state index in [4.69, 9.17) is 4.74 Å². The first-order valence-corrected chi connectivity index (χ1v) is 14.5. The lowest BCUT2D eigenvalue weighted by Gasteiger charge is -2.44. The maximum atomic E-state index is 13.4. The molecule has 2 bridgehead atoms. The molecule has 5 rings (SSSR count). The lowest BCUT2D eigenvalue weighted by atomic mass is 9.74. The molecule has 0 radical (unpaired) electrons. The average molecular weight is 563 g/mol. The van der Waals surface area contributed by atoms with Gasteiger partial charge in [-0.3, -0.25) is 24.4 Å². The minimum atomic E-state index is -0.176. The molecule has 2 aliphatic rings. The fourth-order valence-electron chi connectivity index (χ4n) is 5.64. The molecule has 40 heavy (non-hydrogen) atoms. The Hall–Kier alpha value is -3.86. The number of carbonyl (C=O) groups excluding carboxylic acids is 3. The van der Waals surface area contributed by atoms with Gasteiger partial charge in [0.15, 0.2) is 0 Å². The van der Waals surface area contributed by atoms with Crippen molar-refractivity contribution in [3.8, 4) is 5.75 Å². The Morgan fingerprint density at radius 1 is 0.950 bits per heavy atom. The van der Waals surface area contributed by atoms with Crippen LogP contribution in [0, 0.1) is 5.41 Å². The van der Waals surface area contributed by atoms with Crippen LogP contribution in [-0.4, -0.2) is 93.8 Å². The highest BCUT2D eigenvalue weighted by atomic mass is 32.1. The smallest absolute Gasteiger partial charge is 0.274 e. The highest BCUT2D eigenvalue weighted by Gasteiger charge is 2.38. The van der Waals surface area contributed by atoms with E-state index in [0.29, 0.717) is 67.6 Å². The Morgan fingerprint density at radius 3 is 2.50 bits per heavy atom. The minimum absolute atomic E-state index is 0.0106. The second-order valence-electron chi connectivity index (χ2n) is 10.5. The van der Waals surface area contributed by atoms with E-state index in [1.54, 1.807) is 28.9 Å². The van der Waals surface area contributed by atoms with Gasteiger partial charge in [0.05, 0.1) is 24.5 Å². The van der Waals surface area contributed by atoms with E-state index in [9.17, 15) is 14.4 Å². The van der Waals surface area contributed by atoms with Crippen LogP contribution in [0.25, 0.3) is 0 Å². The van der Waals surface area contributed by atoms with Crippen LogP contribution in [0.1, 0.15) is 62.6 Å². The van der Waals surface area contributed by atoms with E-state index in [1.165, 1.54) is 23.7 Å². The Bertz CT molecular complexity index is 1310. The summed E-state index contributed by atoms with van der Waals surface area (Å²) in [4.78, 5) is 58.2. The highest BCUT2D eigenvalue weighted by Crippen LogP contribution is 2.38. The summed E-state index contributed by atoms with van der Waals surface area (Å²) >= 11 is 1.35. The lowest BCUT2D eigenvalue weighted by Crippen LogP contribution is -2.48. The number of carbonyl (C=O) groups is 3. The molecule has 0 N–H and O–H groups in total. The monoisotopic (exact) mass is 562 g/mol. The molecule has 1 fully saturated rings. The second kappa shape index (κ2) is 12.5. The van der Waals surface area contributed by atoms with Crippen LogP contribution in [0.15, 0.2) is 54.6 Å². The molecule has 0 saturated carbocycles. The number of rotatable bonds is 2. The van der Waals surface area contributed by atoms with Crippen LogP contribution in [0.5, 0.6) is 5.75 Å². The van der Waals surface area contributed by atoms with Gasteiger partial charge in [-0.2, -0.15) is 0 Å². The number of thiazole rings is 1. The van der Waals surface area contributed by atoms with Crippen LogP contribution < -0.4 is 4.74 Å². The van der Waals surface area contributed by atoms with Crippen molar-refractivity contribution in [2.45, 2.75) is 32.1 Å². The molecule has 0 unspecified atom stereocenters. The zero-order chi connectivity index (χ0) is 28.0. The summed E-state index contributed by atoms with van der Waals surface area (Å²) in [7, 11) is 1.84. The van der Waals surface area contributed by atoms with Crippen molar-refractivity contribution in [2.24, 2.45) is 5.41 Å². The van der Waals surface area contributed by atoms with Gasteiger partial charge >= 0.3 is 0 Å². The molecule has 10 nitrogen and oxygen atoms in total. The topological polar surface area (TPSA) is 109 Å². The molecular formula is C29H34N6O4S. The third kappa shape index (κ3) is 6.47. The van der Waals surface area contributed by atoms with E-state index < -0.39 is 0 Å². The number of aromatic nitrogens is 3. The van der Waals surface area contributed by atoms with E-state index in [-0.39, 0.29) is 23.1 Å². The Balaban J connectivity index is 1.36. The van der Waals surface area contributed by atoms with Gasteiger partial charge in [-0.05, 0) is 55.7 Å². The van der Waals surface area contributed by atoms with Gasteiger partial charge in [-0.1, -0.05) is 6.07 Å². The van der Waals surface area contributed by atoms with Gasteiger partial charge in [0, 0.05) is 57.7 Å². The molecule has 3 amide bonds. The van der Waals surface area contributed by atoms with Crippen molar-refractivity contribution in [1.29, 1.82) is 0 Å². The van der Waals surface area contributed by atoms with Gasteiger partial charge in [-0.15, -0.1) is 11.3 Å². The summed E-state index contributed by atoms with van der Waals surface area (Å²) in [5.41, 5.74) is 2.41. The molecule has 1 saturated heterocycles. The summed E-state index contributed by atoms with van der Waals surface area (Å²) in [6.45, 7) is 3.31. The van der Waals surface area contributed by atoms with Gasteiger partial charge in [0.1, 0.15) is 16.3 Å². The Kier molecular flexibility index (Phi) is 8.69. The van der Waals surface area contributed by atoms with E-state index >= 15 is 0 Å². The normalized spacial score (nSPS) is 18.5. The third-order valence-electron chi connectivity index (χ3n) is 7.80. The maximum Gasteiger partial charge on any atom is 0.274 e. The number of amides is 3. The first kappa shape index (κ1) is 27.7. The zero-order valence-corrected chi connectivity index (χ0v) is 23.5. The first-order chi connectivity index (χ1) is 19.4. The number of likely N-dealkylation sites (tertiary alicyclic amines) is 1. The number of benzene rings is 1. The second-order valence-corrected chi connectivity index (χ2v) is 11.4. The molecule has 11 heteroatoms. The molecular weight excluding hydrogens is 528 g/mol. The maximum absolute atomic E-state index is 13.4. The summed E-state index contributed by atoms with van der Waals surface area (Å²) in [6.07, 6.45) is 9.99. The third-order valence-corrected chi connectivity index (χ3v) is 8.56. The van der Waals surface area contributed by atoms with Crippen molar-refractivity contribution in [3.05, 3.63) is 70.7 Å². The molecule has 2 aliphatic heterocycles. The van der Waals surface area contributed by atoms with Crippen molar-refractivity contribution in [2.75, 3.05) is 46.4 Å². The number of nitrogens with zero attached hydrogens (tertiary/aromatic N) is 6. The van der Waals surface area contributed by atoms with Crippen LogP contribution in [0.2, 0.25) is 0 Å². The highest BCUT2D eigenvalue weighted by molar-refractivity contribution is 7.11. The zero-order valence-electron chi connectivity index (χ0n) is 22.7. The molecule has 1 spiro atoms. The minimum Gasteiger partial charge on any atom is -0.494 e. The molecule has 210 valence electrons. The molecule has 1 aromatic carbocycles. The van der Waals surface area contributed by atoms with E-state index in [0.717, 1.165) is 25.7 Å². The lowest BCUT2D eigenvalue weighted by molar-refractivity contribution is 0.0386. The average Bonchev–Trinajstić information content (AvgIpc) is 3.53. The van der Waals surface area contributed by atoms with Gasteiger partial charge in [-0.25, -0.2) is 4.98 Å². The SMILES string of the molecule is CN1CC2(CCCN(C(=O)c3cnccn3)CCCOc3cccc(c3)C1=O)CCN(C(=O)c1cncs1)CC2. The molecule has 4 heterocycles. The molecule has 2 aromatic heterocycles. The summed E-state index contributed by atoms with van der Waals surface area (Å²) in [5, 5.41) is 0. The number of ether oxygens (including phenoxy) is 1. The standard InChI is InChI=1S/C29H34N6O4S/c1-33-20-29(8-14-35(15-9-29)28(38)25-19-31-21-40-25)7-3-12-34(27(37)24-18-30-10-11-32-24)13-4-16-39-23-6-2-5-22(17-23)26(33)36/h2,5-6,10-11,17-19,21H,3-4,7-9,12-16,20H2,1H3. The number of hydrogen-bond donors (Lipinski definition) is 0. The molecule has 0 atom stereocenters. The predicted octanol–water partition coefficient (Wildman–Crippen LogP) is 3.63. The van der Waals surface area contributed by atoms with Gasteiger partial charge in [0.2, 0.25) is 0 Å². The van der Waals surface area contributed by atoms with Crippen LogP contribution in [0.4, 0.5) is 0 Å². The summed E-state index contributed by atoms with van der Waals surface area (Å²) < 4.78 is 5.94. The Labute approximate surface area is 238 Å². The summed E-state index contributed by atoms with van der Waals surface area (Å²) in [5.74, 6) is 0.440.